The molecule has 1 aliphatic carbocycles. The normalized spacial score (nSPS) is 16.1. The predicted molar refractivity (Wildman–Crippen MR) is 80.1 cm³/mol. The van der Waals surface area contributed by atoms with E-state index in [4.69, 9.17) is 21.1 Å². The first-order valence-corrected chi connectivity index (χ1v) is 7.28. The molecule has 1 aromatic carbocycles. The zero-order chi connectivity index (χ0) is 14.4. The van der Waals surface area contributed by atoms with E-state index in [0.29, 0.717) is 28.3 Å². The summed E-state index contributed by atoms with van der Waals surface area (Å²) in [5.74, 6) is 3.26. The number of nitrogens with zero attached hydrogens (tertiary/aromatic N) is 2. The highest BCUT2D eigenvalue weighted by Crippen LogP contribution is 2.43. The summed E-state index contributed by atoms with van der Waals surface area (Å²) in [6, 6.07) is 5.70. The molecule has 2 aromatic rings. The van der Waals surface area contributed by atoms with E-state index >= 15 is 0 Å². The molecule has 2 heterocycles. The molecule has 0 bridgehead atoms. The number of nitrogens with one attached hydrogen (secondary N) is 1. The highest BCUT2D eigenvalue weighted by atomic mass is 35.5. The smallest absolute Gasteiger partial charge is 0.231 e. The van der Waals surface area contributed by atoms with Crippen molar-refractivity contribution in [1.82, 2.24) is 9.97 Å². The highest BCUT2D eigenvalue weighted by molar-refractivity contribution is 6.32. The number of anilines is 1. The Morgan fingerprint density at radius 1 is 1.19 bits per heavy atom. The van der Waals surface area contributed by atoms with Crippen LogP contribution in [0, 0.1) is 0 Å². The second kappa shape index (κ2) is 4.77. The highest BCUT2D eigenvalue weighted by Gasteiger charge is 2.27. The first kappa shape index (κ1) is 12.7. The van der Waals surface area contributed by atoms with E-state index in [1.807, 2.05) is 25.2 Å². The van der Waals surface area contributed by atoms with E-state index in [0.717, 1.165) is 17.1 Å². The third-order valence-corrected chi connectivity index (χ3v) is 3.96. The van der Waals surface area contributed by atoms with Crippen LogP contribution in [-0.4, -0.2) is 23.8 Å². The second-order valence-electron chi connectivity index (χ2n) is 5.22. The Morgan fingerprint density at radius 3 is 2.81 bits per heavy atom. The topological polar surface area (TPSA) is 56.3 Å². The van der Waals surface area contributed by atoms with Gasteiger partial charge in [-0.05, 0) is 25.0 Å². The van der Waals surface area contributed by atoms with Crippen LogP contribution in [0.15, 0.2) is 18.2 Å². The van der Waals surface area contributed by atoms with Crippen molar-refractivity contribution in [3.63, 3.8) is 0 Å². The molecule has 5 nitrogen and oxygen atoms in total. The van der Waals surface area contributed by atoms with Crippen LogP contribution in [0.2, 0.25) is 5.02 Å². The van der Waals surface area contributed by atoms with Gasteiger partial charge in [0.15, 0.2) is 17.3 Å². The van der Waals surface area contributed by atoms with Gasteiger partial charge in [-0.3, -0.25) is 0 Å². The number of hydrogen-bond acceptors (Lipinski definition) is 5. The van der Waals surface area contributed by atoms with Crippen LogP contribution in [-0.2, 0) is 0 Å². The summed E-state index contributed by atoms with van der Waals surface area (Å²) in [5.41, 5.74) is 1.92. The van der Waals surface area contributed by atoms with Crippen molar-refractivity contribution in [1.29, 1.82) is 0 Å². The lowest BCUT2D eigenvalue weighted by molar-refractivity contribution is 0.174. The number of halogens is 1. The van der Waals surface area contributed by atoms with Gasteiger partial charge < -0.3 is 14.8 Å². The molecule has 0 unspecified atom stereocenters. The van der Waals surface area contributed by atoms with Crippen LogP contribution in [0.5, 0.6) is 11.5 Å². The van der Waals surface area contributed by atoms with Crippen LogP contribution in [0.3, 0.4) is 0 Å². The minimum atomic E-state index is 0.198. The van der Waals surface area contributed by atoms with Crippen LogP contribution in [0.1, 0.15) is 24.5 Å². The van der Waals surface area contributed by atoms with Gasteiger partial charge in [0.25, 0.3) is 0 Å². The molecule has 0 amide bonds. The average Bonchev–Trinajstić information content (AvgIpc) is 3.24. The van der Waals surface area contributed by atoms with Crippen molar-refractivity contribution in [3.8, 4) is 22.9 Å². The molecule has 21 heavy (non-hydrogen) atoms. The van der Waals surface area contributed by atoms with Gasteiger partial charge in [-0.15, -0.1) is 0 Å². The van der Waals surface area contributed by atoms with E-state index < -0.39 is 0 Å². The Bertz CT molecular complexity index is 716. The molecule has 108 valence electrons. The van der Waals surface area contributed by atoms with Gasteiger partial charge >= 0.3 is 0 Å². The summed E-state index contributed by atoms with van der Waals surface area (Å²) in [5, 5.41) is 3.61. The third kappa shape index (κ3) is 2.27. The number of rotatable bonds is 3. The van der Waals surface area contributed by atoms with Crippen LogP contribution in [0.4, 0.5) is 5.82 Å². The van der Waals surface area contributed by atoms with Gasteiger partial charge in [0.2, 0.25) is 6.79 Å². The quantitative estimate of drug-likeness (QED) is 0.941. The fourth-order valence-corrected chi connectivity index (χ4v) is 2.67. The lowest BCUT2D eigenvalue weighted by atomic mass is 10.1. The summed E-state index contributed by atoms with van der Waals surface area (Å²) in [7, 11) is 1.86. The van der Waals surface area contributed by atoms with Crippen molar-refractivity contribution in [2.75, 3.05) is 19.2 Å². The van der Waals surface area contributed by atoms with Gasteiger partial charge in [0, 0.05) is 30.3 Å². The second-order valence-corrected chi connectivity index (χ2v) is 5.62. The molecule has 1 aromatic heterocycles. The molecule has 1 aliphatic heterocycles. The number of fused-ring (bicyclic) bond motifs is 1. The fourth-order valence-electron chi connectivity index (χ4n) is 2.41. The Kier molecular flexibility index (Phi) is 2.89. The van der Waals surface area contributed by atoms with E-state index in [1.54, 1.807) is 0 Å². The molecule has 0 atom stereocenters. The zero-order valence-electron chi connectivity index (χ0n) is 11.5. The Balaban J connectivity index is 1.82. The van der Waals surface area contributed by atoms with Gasteiger partial charge in [0.1, 0.15) is 5.82 Å². The van der Waals surface area contributed by atoms with Crippen molar-refractivity contribution in [2.24, 2.45) is 0 Å². The monoisotopic (exact) mass is 303 g/mol. The zero-order valence-corrected chi connectivity index (χ0v) is 12.3. The van der Waals surface area contributed by atoms with Crippen LogP contribution in [0.25, 0.3) is 11.4 Å². The number of benzene rings is 1. The molecular formula is C15H14ClN3O2. The Hall–Kier alpha value is -2.01. The molecule has 0 spiro atoms. The molecule has 1 fully saturated rings. The van der Waals surface area contributed by atoms with E-state index in [-0.39, 0.29) is 6.79 Å². The predicted octanol–water partition coefficient (Wildman–Crippen LogP) is 3.44. The third-order valence-electron chi connectivity index (χ3n) is 3.68. The van der Waals surface area contributed by atoms with E-state index in [9.17, 15) is 0 Å². The lowest BCUT2D eigenvalue weighted by Crippen LogP contribution is -2.00. The average molecular weight is 304 g/mol. The summed E-state index contributed by atoms with van der Waals surface area (Å²) >= 11 is 6.24. The molecule has 1 saturated carbocycles. The largest absolute Gasteiger partial charge is 0.454 e. The maximum atomic E-state index is 6.24. The van der Waals surface area contributed by atoms with Crippen molar-refractivity contribution in [3.05, 3.63) is 28.9 Å². The number of aromatic nitrogens is 2. The standard InChI is InChI=1S/C15H14ClN3O2/c1-17-13-6-11(8-2-3-8)18-15(19-13)9-4-10(16)14-12(5-9)20-7-21-14/h4-6,8H,2-3,7H2,1H3,(H,17,18,19). The molecule has 2 aliphatic rings. The van der Waals surface area contributed by atoms with Gasteiger partial charge in [0.05, 0.1) is 5.02 Å². The first-order valence-electron chi connectivity index (χ1n) is 6.91. The van der Waals surface area contributed by atoms with Gasteiger partial charge in [-0.1, -0.05) is 11.6 Å². The van der Waals surface area contributed by atoms with Gasteiger partial charge in [-0.25, -0.2) is 9.97 Å². The molecule has 0 radical (unpaired) electrons. The van der Waals surface area contributed by atoms with Crippen molar-refractivity contribution >= 4 is 17.4 Å². The Labute approximate surface area is 127 Å². The van der Waals surface area contributed by atoms with Crippen molar-refractivity contribution in [2.45, 2.75) is 18.8 Å². The first-order chi connectivity index (χ1) is 10.2. The minimum Gasteiger partial charge on any atom is -0.454 e. The van der Waals surface area contributed by atoms with Crippen LogP contribution < -0.4 is 14.8 Å². The minimum absolute atomic E-state index is 0.198. The summed E-state index contributed by atoms with van der Waals surface area (Å²) < 4.78 is 10.7. The number of hydrogen-bond donors (Lipinski definition) is 1. The van der Waals surface area contributed by atoms with Crippen molar-refractivity contribution < 1.29 is 9.47 Å². The summed E-state index contributed by atoms with van der Waals surface area (Å²) in [4.78, 5) is 9.20. The molecule has 6 heteroatoms. The molecule has 0 saturated heterocycles. The maximum absolute atomic E-state index is 6.24. The Morgan fingerprint density at radius 2 is 2.05 bits per heavy atom. The molecular weight excluding hydrogens is 290 g/mol. The lowest BCUT2D eigenvalue weighted by Gasteiger charge is -2.08. The van der Waals surface area contributed by atoms with Crippen LogP contribution >= 0.6 is 11.6 Å². The summed E-state index contributed by atoms with van der Waals surface area (Å²) in [6.07, 6.45) is 2.39. The molecule has 1 N–H and O–H groups in total. The maximum Gasteiger partial charge on any atom is 0.231 e. The number of ether oxygens (including phenoxy) is 2. The fraction of sp³-hybridized carbons (Fsp3) is 0.333. The van der Waals surface area contributed by atoms with Gasteiger partial charge in [-0.2, -0.15) is 0 Å². The summed E-state index contributed by atoms with van der Waals surface area (Å²) in [6.45, 7) is 0.198. The molecule has 4 rings (SSSR count). The SMILES string of the molecule is CNc1cc(C2CC2)nc(-c2cc(Cl)c3c(c2)OCO3)n1. The van der Waals surface area contributed by atoms with E-state index in [2.05, 4.69) is 15.3 Å². The van der Waals surface area contributed by atoms with E-state index in [1.165, 1.54) is 12.8 Å².